The molecule has 1 fully saturated rings. The summed E-state index contributed by atoms with van der Waals surface area (Å²) in [5.41, 5.74) is 5.93. The molecule has 0 radical (unpaired) electrons. The van der Waals surface area contributed by atoms with Crippen molar-refractivity contribution in [1.29, 1.82) is 5.26 Å². The van der Waals surface area contributed by atoms with Gasteiger partial charge < -0.3 is 25.2 Å². The fraction of sp³-hybridized carbons (Fsp3) is 0.289. The Morgan fingerprint density at radius 3 is 2.44 bits per heavy atom. The SMILES string of the molecule is Cc1c(N2CCC(NCc3ccc(/C=C/C(=O)NO)cc3)CC2)ncc(-c2ccc(OCC(C)(C)O)c(O)c2)c1-c1ccc(C#N)c(F)c1.Cl. The normalized spacial score (nSPS) is 13.5. The number of hydrogen-bond acceptors (Lipinski definition) is 9. The van der Waals surface area contributed by atoms with E-state index < -0.39 is 17.3 Å². The number of nitrogens with one attached hydrogen (secondary N) is 2. The minimum Gasteiger partial charge on any atom is -0.504 e. The summed E-state index contributed by atoms with van der Waals surface area (Å²) in [4.78, 5) is 18.3. The third-order valence-electron chi connectivity index (χ3n) is 8.43. The molecule has 5 N–H and O–H groups in total. The van der Waals surface area contributed by atoms with Gasteiger partial charge in [0.1, 0.15) is 24.3 Å². The molecule has 4 aromatic rings. The van der Waals surface area contributed by atoms with Crippen molar-refractivity contribution in [3.05, 3.63) is 101 Å². The highest BCUT2D eigenvalue weighted by Crippen LogP contribution is 2.41. The molecule has 0 bridgehead atoms. The molecule has 50 heavy (non-hydrogen) atoms. The van der Waals surface area contributed by atoms with Gasteiger partial charge in [-0.25, -0.2) is 14.9 Å². The van der Waals surface area contributed by atoms with Crippen molar-refractivity contribution < 1.29 is 29.3 Å². The Morgan fingerprint density at radius 1 is 1.12 bits per heavy atom. The number of nitrogens with zero attached hydrogens (tertiary/aromatic N) is 3. The number of benzene rings is 3. The van der Waals surface area contributed by atoms with E-state index in [0.717, 1.165) is 54.0 Å². The van der Waals surface area contributed by atoms with Crippen LogP contribution in [0.3, 0.4) is 0 Å². The van der Waals surface area contributed by atoms with E-state index in [2.05, 4.69) is 10.2 Å². The van der Waals surface area contributed by atoms with E-state index in [9.17, 15) is 24.7 Å². The van der Waals surface area contributed by atoms with E-state index in [1.807, 2.05) is 37.3 Å². The first-order valence-corrected chi connectivity index (χ1v) is 16.0. The number of aliphatic hydroxyl groups is 1. The van der Waals surface area contributed by atoms with Crippen LogP contribution in [-0.4, -0.2) is 57.7 Å². The summed E-state index contributed by atoms with van der Waals surface area (Å²) in [5.74, 6) is -0.286. The lowest BCUT2D eigenvalue weighted by atomic mass is 9.91. The Balaban J connectivity index is 0.00000562. The lowest BCUT2D eigenvalue weighted by molar-refractivity contribution is -0.124. The van der Waals surface area contributed by atoms with Gasteiger partial charge in [0.2, 0.25) is 0 Å². The van der Waals surface area contributed by atoms with Gasteiger partial charge in [-0.15, -0.1) is 12.4 Å². The van der Waals surface area contributed by atoms with Crippen LogP contribution in [0.25, 0.3) is 28.3 Å². The van der Waals surface area contributed by atoms with Crippen LogP contribution < -0.4 is 20.4 Å². The van der Waals surface area contributed by atoms with Crippen LogP contribution in [0, 0.1) is 24.1 Å². The minimum atomic E-state index is -1.08. The third-order valence-corrected chi connectivity index (χ3v) is 8.43. The molecule has 0 spiro atoms. The van der Waals surface area contributed by atoms with E-state index in [0.29, 0.717) is 29.3 Å². The first-order valence-electron chi connectivity index (χ1n) is 16.0. The van der Waals surface area contributed by atoms with Gasteiger partial charge in [-0.3, -0.25) is 10.0 Å². The van der Waals surface area contributed by atoms with Crippen LogP contribution in [0.2, 0.25) is 0 Å². The van der Waals surface area contributed by atoms with Gasteiger partial charge in [-0.05, 0) is 91.8 Å². The minimum absolute atomic E-state index is 0. The molecule has 0 atom stereocenters. The molecular formula is C38H41ClFN5O5. The average Bonchev–Trinajstić information content (AvgIpc) is 3.09. The van der Waals surface area contributed by atoms with Crippen LogP contribution in [0.5, 0.6) is 11.5 Å². The van der Waals surface area contributed by atoms with Gasteiger partial charge in [0.05, 0.1) is 11.2 Å². The van der Waals surface area contributed by atoms with E-state index >= 15 is 0 Å². The third kappa shape index (κ3) is 9.37. The highest BCUT2D eigenvalue weighted by molar-refractivity contribution is 5.91. The highest BCUT2D eigenvalue weighted by Gasteiger charge is 2.25. The molecule has 1 saturated heterocycles. The molecule has 1 aliphatic rings. The van der Waals surface area contributed by atoms with E-state index in [1.165, 1.54) is 18.2 Å². The number of carbonyl (C=O) groups excluding carboxylic acids is 1. The molecule has 3 aromatic carbocycles. The second-order valence-corrected chi connectivity index (χ2v) is 12.8. The lowest BCUT2D eigenvalue weighted by Crippen LogP contribution is -2.42. The number of halogens is 2. The number of aromatic nitrogens is 1. The Morgan fingerprint density at radius 2 is 1.82 bits per heavy atom. The molecule has 0 unspecified atom stereocenters. The van der Waals surface area contributed by atoms with Crippen molar-refractivity contribution in [1.82, 2.24) is 15.8 Å². The number of hydrogen-bond donors (Lipinski definition) is 5. The number of rotatable bonds is 11. The molecule has 0 aliphatic carbocycles. The molecule has 1 amide bonds. The Kier molecular flexibility index (Phi) is 12.6. The summed E-state index contributed by atoms with van der Waals surface area (Å²) in [5, 5.41) is 42.4. The van der Waals surface area contributed by atoms with Gasteiger partial charge in [-0.2, -0.15) is 5.26 Å². The standard InChI is InChI=1S/C38H40FN5O5.ClH/c1-24-36(28-9-10-29(20-40)32(39)18-28)31(27-11-12-34(33(45)19-27)49-23-38(2,3)47)22-42-37(24)44-16-14-30(15-17-44)41-21-26-6-4-25(5-7-26)8-13-35(46)43-48;/h4-13,18-19,22,30,41,45,47-48H,14-17,21,23H2,1-3H3,(H,43,46);1H/b13-8+;. The number of carbonyl (C=O) groups is 1. The zero-order valence-electron chi connectivity index (χ0n) is 28.1. The molecule has 1 aliphatic heterocycles. The maximum atomic E-state index is 14.9. The fourth-order valence-corrected chi connectivity index (χ4v) is 5.85. The number of anilines is 1. The number of piperidine rings is 1. The summed E-state index contributed by atoms with van der Waals surface area (Å²) in [6.45, 7) is 7.40. The van der Waals surface area contributed by atoms with Gasteiger partial charge >= 0.3 is 0 Å². The second kappa shape index (κ2) is 16.6. The van der Waals surface area contributed by atoms with Gasteiger partial charge in [0.25, 0.3) is 5.91 Å². The number of phenolic OH excluding ortho intramolecular Hbond substituents is 1. The largest absolute Gasteiger partial charge is 0.504 e. The van der Waals surface area contributed by atoms with Crippen molar-refractivity contribution in [3.8, 4) is 39.8 Å². The fourth-order valence-electron chi connectivity index (χ4n) is 5.85. The number of ether oxygens (including phenoxy) is 1. The van der Waals surface area contributed by atoms with Crippen LogP contribution in [0.4, 0.5) is 10.2 Å². The van der Waals surface area contributed by atoms with Gasteiger partial charge in [-0.1, -0.05) is 36.4 Å². The summed E-state index contributed by atoms with van der Waals surface area (Å²) in [7, 11) is 0. The molecule has 12 heteroatoms. The zero-order chi connectivity index (χ0) is 35.1. The molecule has 5 rings (SSSR count). The number of hydroxylamine groups is 1. The Bertz CT molecular complexity index is 1880. The van der Waals surface area contributed by atoms with Gasteiger partial charge in [0, 0.05) is 49.1 Å². The van der Waals surface area contributed by atoms with E-state index in [-0.39, 0.29) is 36.1 Å². The quantitative estimate of drug-likeness (QED) is 0.0691. The van der Waals surface area contributed by atoms with Gasteiger partial charge in [0.15, 0.2) is 11.5 Å². The zero-order valence-corrected chi connectivity index (χ0v) is 28.9. The van der Waals surface area contributed by atoms with Crippen LogP contribution in [0.15, 0.2) is 72.9 Å². The van der Waals surface area contributed by atoms with Crippen molar-refractivity contribution in [3.63, 3.8) is 0 Å². The van der Waals surface area contributed by atoms with Crippen molar-refractivity contribution in [2.75, 3.05) is 24.6 Å². The topological polar surface area (TPSA) is 151 Å². The first kappa shape index (κ1) is 37.8. The maximum Gasteiger partial charge on any atom is 0.267 e. The van der Waals surface area contributed by atoms with E-state index in [4.69, 9.17) is 14.9 Å². The predicted molar refractivity (Wildman–Crippen MR) is 193 cm³/mol. The number of pyridine rings is 1. The monoisotopic (exact) mass is 701 g/mol. The molecule has 1 aromatic heterocycles. The molecule has 0 saturated carbocycles. The average molecular weight is 702 g/mol. The Labute approximate surface area is 297 Å². The van der Waals surface area contributed by atoms with Crippen molar-refractivity contribution >= 4 is 30.2 Å². The predicted octanol–water partition coefficient (Wildman–Crippen LogP) is 6.29. The van der Waals surface area contributed by atoms with Crippen LogP contribution >= 0.6 is 12.4 Å². The van der Waals surface area contributed by atoms with E-state index in [1.54, 1.807) is 55.9 Å². The number of amides is 1. The summed E-state index contributed by atoms with van der Waals surface area (Å²) in [6.07, 6.45) is 6.40. The first-order chi connectivity index (χ1) is 23.5. The lowest BCUT2D eigenvalue weighted by Gasteiger charge is -2.35. The Hall–Kier alpha value is -4.99. The highest BCUT2D eigenvalue weighted by atomic mass is 35.5. The molecule has 262 valence electrons. The molecular weight excluding hydrogens is 661 g/mol. The summed E-state index contributed by atoms with van der Waals surface area (Å²) in [6, 6.07) is 19.5. The van der Waals surface area contributed by atoms with Crippen LogP contribution in [0.1, 0.15) is 48.9 Å². The number of nitriles is 1. The smallest absolute Gasteiger partial charge is 0.267 e. The number of aromatic hydroxyl groups is 1. The molecule has 10 nitrogen and oxygen atoms in total. The maximum absolute atomic E-state index is 14.9. The summed E-state index contributed by atoms with van der Waals surface area (Å²) >= 11 is 0. The summed E-state index contributed by atoms with van der Waals surface area (Å²) < 4.78 is 20.5. The number of phenols is 1. The van der Waals surface area contributed by atoms with Crippen molar-refractivity contribution in [2.45, 2.75) is 51.8 Å². The van der Waals surface area contributed by atoms with Crippen molar-refractivity contribution in [2.24, 2.45) is 0 Å². The van der Waals surface area contributed by atoms with Crippen LogP contribution in [-0.2, 0) is 11.3 Å². The molecule has 2 heterocycles. The second-order valence-electron chi connectivity index (χ2n) is 12.8.